The van der Waals surface area contributed by atoms with Crippen LogP contribution in [0.15, 0.2) is 53.1 Å². The number of benzene rings is 2. The maximum atomic E-state index is 13.8. The first-order chi connectivity index (χ1) is 14.5. The summed E-state index contributed by atoms with van der Waals surface area (Å²) in [6.07, 6.45) is 0.624. The van der Waals surface area contributed by atoms with Crippen molar-refractivity contribution in [2.45, 2.75) is 19.9 Å². The van der Waals surface area contributed by atoms with E-state index < -0.39 is 5.82 Å². The highest BCUT2D eigenvalue weighted by atomic mass is 35.5. The van der Waals surface area contributed by atoms with Crippen LogP contribution >= 0.6 is 11.6 Å². The Kier molecular flexibility index (Phi) is 4.51. The predicted octanol–water partition coefficient (Wildman–Crippen LogP) is 5.19. The van der Waals surface area contributed by atoms with Gasteiger partial charge in [0.25, 0.3) is 5.91 Å². The fourth-order valence-electron chi connectivity index (χ4n) is 3.91. The summed E-state index contributed by atoms with van der Waals surface area (Å²) in [6, 6.07) is 13.4. The summed E-state index contributed by atoms with van der Waals surface area (Å²) in [5.74, 6) is 0.145. The zero-order valence-corrected chi connectivity index (χ0v) is 16.9. The van der Waals surface area contributed by atoms with Gasteiger partial charge in [0, 0.05) is 33.8 Å². The average Bonchev–Trinajstić information content (AvgIpc) is 3.17. The highest BCUT2D eigenvalue weighted by molar-refractivity contribution is 6.30. The number of pyridine rings is 1. The first kappa shape index (κ1) is 18.8. The van der Waals surface area contributed by atoms with Crippen LogP contribution in [0.25, 0.3) is 22.2 Å². The molecule has 0 aliphatic carbocycles. The number of carbonyl (C=O) groups excluding carboxylic acids is 1. The van der Waals surface area contributed by atoms with Crippen LogP contribution in [0.5, 0.6) is 0 Å². The van der Waals surface area contributed by atoms with E-state index in [-0.39, 0.29) is 5.91 Å². The zero-order valence-electron chi connectivity index (χ0n) is 16.2. The van der Waals surface area contributed by atoms with Crippen molar-refractivity contribution in [3.05, 3.63) is 81.9 Å². The molecule has 0 fully saturated rings. The lowest BCUT2D eigenvalue weighted by molar-refractivity contribution is 0.0733. The minimum atomic E-state index is -0.396. The summed E-state index contributed by atoms with van der Waals surface area (Å²) in [6.45, 7) is 2.68. The van der Waals surface area contributed by atoms with Crippen LogP contribution < -0.4 is 0 Å². The lowest BCUT2D eigenvalue weighted by Crippen LogP contribution is -2.36. The molecule has 5 nitrogen and oxygen atoms in total. The van der Waals surface area contributed by atoms with E-state index in [9.17, 15) is 9.18 Å². The van der Waals surface area contributed by atoms with Crippen LogP contribution in [-0.4, -0.2) is 27.5 Å². The van der Waals surface area contributed by atoms with Crippen molar-refractivity contribution in [2.75, 3.05) is 6.54 Å². The number of rotatable bonds is 2. The number of carbonyl (C=O) groups is 1. The fraction of sp³-hybridized carbons (Fsp3) is 0.174. The van der Waals surface area contributed by atoms with Gasteiger partial charge in [0.2, 0.25) is 0 Å². The molecule has 0 unspecified atom stereocenters. The number of aromatic nitrogens is 2. The van der Waals surface area contributed by atoms with Gasteiger partial charge < -0.3 is 9.42 Å². The Morgan fingerprint density at radius 3 is 2.77 bits per heavy atom. The van der Waals surface area contributed by atoms with Crippen LogP contribution in [-0.2, 0) is 13.0 Å². The second-order valence-electron chi connectivity index (χ2n) is 7.39. The van der Waals surface area contributed by atoms with Gasteiger partial charge in [-0.05, 0) is 61.9 Å². The number of aryl methyl sites for hydroxylation is 1. The minimum absolute atomic E-state index is 0.169. The van der Waals surface area contributed by atoms with Crippen molar-refractivity contribution in [2.24, 2.45) is 0 Å². The second kappa shape index (κ2) is 7.22. The molecule has 0 radical (unpaired) electrons. The van der Waals surface area contributed by atoms with E-state index in [1.165, 1.54) is 12.1 Å². The highest BCUT2D eigenvalue weighted by Gasteiger charge is 2.28. The van der Waals surface area contributed by atoms with E-state index in [1.807, 2.05) is 19.1 Å². The summed E-state index contributed by atoms with van der Waals surface area (Å²) < 4.78 is 19.4. The third kappa shape index (κ3) is 3.23. The SMILES string of the molecule is Cc1cc(C(=O)N2CCc3c(noc3-c3ccc(Cl)cc3)C2)c2cc(F)ccc2n1. The van der Waals surface area contributed by atoms with Gasteiger partial charge in [0.05, 0.1) is 17.6 Å². The Balaban J connectivity index is 1.47. The smallest absolute Gasteiger partial charge is 0.254 e. The molecule has 30 heavy (non-hydrogen) atoms. The minimum Gasteiger partial charge on any atom is -0.356 e. The van der Waals surface area contributed by atoms with E-state index >= 15 is 0 Å². The first-order valence-electron chi connectivity index (χ1n) is 9.59. The lowest BCUT2D eigenvalue weighted by Gasteiger charge is -2.26. The highest BCUT2D eigenvalue weighted by Crippen LogP contribution is 2.32. The Labute approximate surface area is 177 Å². The van der Waals surface area contributed by atoms with Gasteiger partial charge in [-0.25, -0.2) is 4.39 Å². The number of hydrogen-bond donors (Lipinski definition) is 0. The molecule has 2 aromatic heterocycles. The van der Waals surface area contributed by atoms with Crippen LogP contribution in [0.2, 0.25) is 5.02 Å². The molecule has 0 bridgehead atoms. The van der Waals surface area contributed by atoms with E-state index in [4.69, 9.17) is 16.1 Å². The van der Waals surface area contributed by atoms with E-state index in [2.05, 4.69) is 10.1 Å². The van der Waals surface area contributed by atoms with Gasteiger partial charge in [0.15, 0.2) is 5.76 Å². The van der Waals surface area contributed by atoms with Gasteiger partial charge in [-0.3, -0.25) is 9.78 Å². The predicted molar refractivity (Wildman–Crippen MR) is 112 cm³/mol. The average molecular weight is 422 g/mol. The van der Waals surface area contributed by atoms with Gasteiger partial charge in [-0.2, -0.15) is 0 Å². The van der Waals surface area contributed by atoms with Gasteiger partial charge in [-0.1, -0.05) is 16.8 Å². The number of nitrogens with zero attached hydrogens (tertiary/aromatic N) is 3. The molecule has 0 saturated heterocycles. The summed E-state index contributed by atoms with van der Waals surface area (Å²) in [4.78, 5) is 19.4. The van der Waals surface area contributed by atoms with Crippen molar-refractivity contribution in [1.29, 1.82) is 0 Å². The van der Waals surface area contributed by atoms with E-state index in [0.717, 1.165) is 16.8 Å². The molecule has 5 rings (SSSR count). The standard InChI is InChI=1S/C23H17ClFN3O2/c1-13-10-19(18-11-16(25)6-7-20(18)26-13)23(29)28-9-8-17-21(12-28)27-30-22(17)14-2-4-15(24)5-3-14/h2-7,10-11H,8-9,12H2,1H3. The number of amides is 1. The van der Waals surface area contributed by atoms with Crippen LogP contribution in [0, 0.1) is 12.7 Å². The molecular weight excluding hydrogens is 405 g/mol. The molecule has 3 heterocycles. The Morgan fingerprint density at radius 2 is 1.97 bits per heavy atom. The molecule has 0 spiro atoms. The largest absolute Gasteiger partial charge is 0.356 e. The van der Waals surface area contributed by atoms with Crippen molar-refractivity contribution in [3.8, 4) is 11.3 Å². The normalized spacial score (nSPS) is 13.5. The molecule has 0 saturated carbocycles. The molecule has 0 atom stereocenters. The molecule has 1 amide bonds. The summed E-state index contributed by atoms with van der Waals surface area (Å²) in [5, 5.41) is 5.37. The topological polar surface area (TPSA) is 59.2 Å². The van der Waals surface area contributed by atoms with Crippen LogP contribution in [0.1, 0.15) is 27.3 Å². The zero-order chi connectivity index (χ0) is 20.8. The van der Waals surface area contributed by atoms with Gasteiger partial charge in [0.1, 0.15) is 11.5 Å². The van der Waals surface area contributed by atoms with Gasteiger partial charge >= 0.3 is 0 Å². The Bertz CT molecular complexity index is 1280. The molecule has 7 heteroatoms. The second-order valence-corrected chi connectivity index (χ2v) is 7.83. The number of halogens is 2. The van der Waals surface area contributed by atoms with Crippen molar-refractivity contribution >= 4 is 28.4 Å². The van der Waals surface area contributed by atoms with Crippen LogP contribution in [0.4, 0.5) is 4.39 Å². The van der Waals surface area contributed by atoms with Gasteiger partial charge in [-0.15, -0.1) is 0 Å². The van der Waals surface area contributed by atoms with E-state index in [0.29, 0.717) is 52.5 Å². The van der Waals surface area contributed by atoms with E-state index in [1.54, 1.807) is 29.2 Å². The molecule has 0 N–H and O–H groups in total. The quantitative estimate of drug-likeness (QED) is 0.447. The molecule has 1 aliphatic heterocycles. The fourth-order valence-corrected chi connectivity index (χ4v) is 4.04. The molecule has 1 aliphatic rings. The van der Waals surface area contributed by atoms with Crippen molar-refractivity contribution in [3.63, 3.8) is 0 Å². The third-order valence-corrected chi connectivity index (χ3v) is 5.62. The van der Waals surface area contributed by atoms with Crippen LogP contribution in [0.3, 0.4) is 0 Å². The first-order valence-corrected chi connectivity index (χ1v) is 9.97. The summed E-state index contributed by atoms with van der Waals surface area (Å²) in [5.41, 5.74) is 4.40. The Morgan fingerprint density at radius 1 is 1.17 bits per heavy atom. The molecule has 150 valence electrons. The summed E-state index contributed by atoms with van der Waals surface area (Å²) in [7, 11) is 0. The third-order valence-electron chi connectivity index (χ3n) is 5.36. The lowest BCUT2D eigenvalue weighted by atomic mass is 9.99. The maximum Gasteiger partial charge on any atom is 0.254 e. The van der Waals surface area contributed by atoms with Crippen molar-refractivity contribution < 1.29 is 13.7 Å². The molecule has 2 aromatic carbocycles. The monoisotopic (exact) mass is 421 g/mol. The number of hydrogen-bond acceptors (Lipinski definition) is 4. The van der Waals surface area contributed by atoms with Crippen molar-refractivity contribution in [1.82, 2.24) is 15.0 Å². The maximum absolute atomic E-state index is 13.8. The molecular formula is C23H17ClFN3O2. The number of fused-ring (bicyclic) bond motifs is 2. The summed E-state index contributed by atoms with van der Waals surface area (Å²) >= 11 is 5.97. The molecule has 4 aromatic rings. The Hall–Kier alpha value is -3.25.